The molecule has 1 saturated heterocycles. The number of amides is 2. The monoisotopic (exact) mass is 405 g/mol. The number of hydrogen-bond donors (Lipinski definition) is 1. The first-order valence-electron chi connectivity index (χ1n) is 9.86. The third-order valence-corrected chi connectivity index (χ3v) is 5.75. The van der Waals surface area contributed by atoms with Gasteiger partial charge in [0.25, 0.3) is 11.6 Å². The molecule has 1 aliphatic carbocycles. The normalized spacial score (nSPS) is 26.5. The van der Waals surface area contributed by atoms with Crippen molar-refractivity contribution in [3.63, 3.8) is 0 Å². The van der Waals surface area contributed by atoms with Crippen molar-refractivity contribution < 1.29 is 24.0 Å². The van der Waals surface area contributed by atoms with Gasteiger partial charge in [-0.2, -0.15) is 0 Å². The summed E-state index contributed by atoms with van der Waals surface area (Å²) in [4.78, 5) is 38.3. The number of benzene rings is 1. The van der Waals surface area contributed by atoms with E-state index in [0.717, 1.165) is 12.8 Å². The van der Waals surface area contributed by atoms with Gasteiger partial charge in [-0.05, 0) is 37.7 Å². The summed E-state index contributed by atoms with van der Waals surface area (Å²) in [5.41, 5.74) is -0.835. The molecule has 0 aromatic heterocycles. The van der Waals surface area contributed by atoms with E-state index in [1.54, 1.807) is 7.11 Å². The molecule has 0 unspecified atom stereocenters. The third kappa shape index (κ3) is 4.40. The maximum absolute atomic E-state index is 13.4. The van der Waals surface area contributed by atoms with E-state index in [9.17, 15) is 19.7 Å². The van der Waals surface area contributed by atoms with E-state index in [4.69, 9.17) is 9.47 Å². The molecule has 9 nitrogen and oxygen atoms in total. The van der Waals surface area contributed by atoms with E-state index in [0.29, 0.717) is 31.9 Å². The number of ether oxygens (including phenoxy) is 2. The zero-order valence-electron chi connectivity index (χ0n) is 16.8. The second-order valence-electron chi connectivity index (χ2n) is 7.72. The third-order valence-electron chi connectivity index (χ3n) is 5.75. The standard InChI is InChI=1S/C20H27N3O6/c1-14-6-8-20(9-7-14)22(17(13-29-20)18(24)21-10-11-28-2)19(25)15-4-3-5-16(12-15)23(26)27/h3-5,12,14,17H,6-11,13H2,1-2H3,(H,21,24)/t14?,17-,20?/m1/s1. The molecule has 3 rings (SSSR count). The van der Waals surface area contributed by atoms with Crippen molar-refractivity contribution >= 4 is 17.5 Å². The Labute approximate surface area is 169 Å². The lowest BCUT2D eigenvalue weighted by Crippen LogP contribution is -2.57. The molecule has 1 heterocycles. The SMILES string of the molecule is COCCNC(=O)[C@H]1COC2(CCC(C)CC2)N1C(=O)c1cccc([N+](=O)[O-])c1. The number of nitro groups is 1. The summed E-state index contributed by atoms with van der Waals surface area (Å²) in [5, 5.41) is 13.9. The van der Waals surface area contributed by atoms with Crippen LogP contribution in [0.4, 0.5) is 5.69 Å². The molecule has 0 radical (unpaired) electrons. The molecule has 29 heavy (non-hydrogen) atoms. The Morgan fingerprint density at radius 1 is 1.38 bits per heavy atom. The van der Waals surface area contributed by atoms with Gasteiger partial charge in [-0.25, -0.2) is 0 Å². The smallest absolute Gasteiger partial charge is 0.270 e. The Bertz CT molecular complexity index is 775. The topological polar surface area (TPSA) is 111 Å². The first-order valence-corrected chi connectivity index (χ1v) is 9.86. The summed E-state index contributed by atoms with van der Waals surface area (Å²) in [6.45, 7) is 2.95. The van der Waals surface area contributed by atoms with E-state index in [1.165, 1.54) is 29.2 Å². The van der Waals surface area contributed by atoms with Crippen LogP contribution in [0.15, 0.2) is 24.3 Å². The number of hydrogen-bond acceptors (Lipinski definition) is 6. The van der Waals surface area contributed by atoms with Gasteiger partial charge >= 0.3 is 0 Å². The number of carbonyl (C=O) groups excluding carboxylic acids is 2. The van der Waals surface area contributed by atoms with Crippen LogP contribution in [-0.4, -0.2) is 60.3 Å². The number of nitrogens with zero attached hydrogens (tertiary/aromatic N) is 2. The Morgan fingerprint density at radius 3 is 2.76 bits per heavy atom. The Morgan fingerprint density at radius 2 is 2.10 bits per heavy atom. The summed E-state index contributed by atoms with van der Waals surface area (Å²) in [5.74, 6) is -0.211. The largest absolute Gasteiger partial charge is 0.383 e. The van der Waals surface area contributed by atoms with Gasteiger partial charge in [-0.15, -0.1) is 0 Å². The second-order valence-corrected chi connectivity index (χ2v) is 7.72. The number of non-ortho nitro benzene ring substituents is 1. The highest BCUT2D eigenvalue weighted by molar-refractivity contribution is 5.99. The summed E-state index contributed by atoms with van der Waals surface area (Å²) >= 11 is 0. The van der Waals surface area contributed by atoms with Gasteiger partial charge in [0.2, 0.25) is 5.91 Å². The molecular formula is C20H27N3O6. The molecule has 9 heteroatoms. The van der Waals surface area contributed by atoms with Crippen LogP contribution in [0, 0.1) is 16.0 Å². The summed E-state index contributed by atoms with van der Waals surface area (Å²) < 4.78 is 11.0. The number of nitrogens with one attached hydrogen (secondary N) is 1. The van der Waals surface area contributed by atoms with E-state index in [1.807, 2.05) is 0 Å². The van der Waals surface area contributed by atoms with Crippen LogP contribution < -0.4 is 5.32 Å². The minimum atomic E-state index is -0.850. The fourth-order valence-electron chi connectivity index (χ4n) is 4.07. The first-order chi connectivity index (χ1) is 13.9. The lowest BCUT2D eigenvalue weighted by atomic mass is 9.83. The van der Waals surface area contributed by atoms with Crippen LogP contribution in [0.3, 0.4) is 0 Å². The van der Waals surface area contributed by atoms with Crippen LogP contribution in [0.1, 0.15) is 43.0 Å². The van der Waals surface area contributed by atoms with Crippen molar-refractivity contribution in [1.82, 2.24) is 10.2 Å². The van der Waals surface area contributed by atoms with Gasteiger partial charge in [0.05, 0.1) is 18.1 Å². The highest BCUT2D eigenvalue weighted by atomic mass is 16.6. The predicted molar refractivity (Wildman–Crippen MR) is 104 cm³/mol. The number of nitro benzene ring substituents is 1. The van der Waals surface area contributed by atoms with Crippen molar-refractivity contribution in [3.8, 4) is 0 Å². The molecule has 1 aromatic rings. The van der Waals surface area contributed by atoms with Crippen LogP contribution in [0.2, 0.25) is 0 Å². The highest BCUT2D eigenvalue weighted by Crippen LogP contribution is 2.43. The van der Waals surface area contributed by atoms with E-state index in [2.05, 4.69) is 12.2 Å². The second kappa shape index (κ2) is 8.87. The van der Waals surface area contributed by atoms with Crippen LogP contribution >= 0.6 is 0 Å². The van der Waals surface area contributed by atoms with Crippen molar-refractivity contribution in [2.75, 3.05) is 26.9 Å². The van der Waals surface area contributed by atoms with Gasteiger partial charge in [0.1, 0.15) is 11.8 Å². The molecule has 1 atom stereocenters. The van der Waals surface area contributed by atoms with Crippen molar-refractivity contribution in [2.45, 2.75) is 44.4 Å². The van der Waals surface area contributed by atoms with Crippen molar-refractivity contribution in [3.05, 3.63) is 39.9 Å². The fraction of sp³-hybridized carbons (Fsp3) is 0.600. The Balaban J connectivity index is 1.90. The van der Waals surface area contributed by atoms with E-state index >= 15 is 0 Å². The average molecular weight is 405 g/mol. The molecule has 0 bridgehead atoms. The lowest BCUT2D eigenvalue weighted by molar-refractivity contribution is -0.384. The van der Waals surface area contributed by atoms with Crippen LogP contribution in [-0.2, 0) is 14.3 Å². The molecule has 2 aliphatic rings. The van der Waals surface area contributed by atoms with E-state index < -0.39 is 22.6 Å². The van der Waals surface area contributed by atoms with Crippen LogP contribution in [0.5, 0.6) is 0 Å². The van der Waals surface area contributed by atoms with E-state index in [-0.39, 0.29) is 23.8 Å². The van der Waals surface area contributed by atoms with Gasteiger partial charge in [-0.1, -0.05) is 13.0 Å². The highest BCUT2D eigenvalue weighted by Gasteiger charge is 2.53. The maximum Gasteiger partial charge on any atom is 0.270 e. The van der Waals surface area contributed by atoms with Gasteiger partial charge in [-0.3, -0.25) is 24.6 Å². The minimum absolute atomic E-state index is 0.105. The zero-order valence-corrected chi connectivity index (χ0v) is 16.8. The van der Waals surface area contributed by atoms with Gasteiger partial charge < -0.3 is 14.8 Å². The number of rotatable bonds is 6. The molecule has 2 fully saturated rings. The fourth-order valence-corrected chi connectivity index (χ4v) is 4.07. The predicted octanol–water partition coefficient (Wildman–Crippen LogP) is 2.10. The molecular weight excluding hydrogens is 378 g/mol. The molecule has 158 valence electrons. The minimum Gasteiger partial charge on any atom is -0.383 e. The zero-order chi connectivity index (χ0) is 21.0. The summed E-state index contributed by atoms with van der Waals surface area (Å²) in [6, 6.07) is 4.81. The molecule has 1 saturated carbocycles. The molecule has 1 spiro atoms. The van der Waals surface area contributed by atoms with Crippen molar-refractivity contribution in [1.29, 1.82) is 0 Å². The van der Waals surface area contributed by atoms with Gasteiger partial charge in [0.15, 0.2) is 0 Å². The quantitative estimate of drug-likeness (QED) is 0.441. The molecule has 1 N–H and O–H groups in total. The molecule has 1 aliphatic heterocycles. The summed E-state index contributed by atoms with van der Waals surface area (Å²) in [7, 11) is 1.54. The average Bonchev–Trinajstić information content (AvgIpc) is 3.09. The Kier molecular flexibility index (Phi) is 6.49. The Hall–Kier alpha value is -2.52. The number of methoxy groups -OCH3 is 1. The van der Waals surface area contributed by atoms with Gasteiger partial charge in [0, 0.05) is 31.4 Å². The first kappa shape index (κ1) is 21.2. The van der Waals surface area contributed by atoms with Crippen molar-refractivity contribution in [2.24, 2.45) is 5.92 Å². The maximum atomic E-state index is 13.4. The summed E-state index contributed by atoms with van der Waals surface area (Å²) in [6.07, 6.45) is 3.04. The lowest BCUT2D eigenvalue weighted by Gasteiger charge is -2.43. The number of carbonyl (C=O) groups is 2. The van der Waals surface area contributed by atoms with Crippen LogP contribution in [0.25, 0.3) is 0 Å². The molecule has 2 amide bonds. The molecule has 1 aromatic carbocycles.